The molecule has 0 saturated heterocycles. The summed E-state index contributed by atoms with van der Waals surface area (Å²) in [6, 6.07) is 6.41. The lowest BCUT2D eigenvalue weighted by Crippen LogP contribution is -2.27. The maximum Gasteiger partial charge on any atom is 0.137 e. The van der Waals surface area contributed by atoms with E-state index in [2.05, 4.69) is 0 Å². The van der Waals surface area contributed by atoms with Gasteiger partial charge in [-0.15, -0.1) is 0 Å². The molecule has 0 aliphatic carbocycles. The summed E-state index contributed by atoms with van der Waals surface area (Å²) in [5.74, 6) is 0.319. The third-order valence-electron chi connectivity index (χ3n) is 2.14. The zero-order chi connectivity index (χ0) is 10.3. The average molecular weight is 193 g/mol. The van der Waals surface area contributed by atoms with Crippen LogP contribution in [0.1, 0.15) is 19.6 Å². The van der Waals surface area contributed by atoms with Gasteiger partial charge in [0.15, 0.2) is 0 Å². The van der Waals surface area contributed by atoms with E-state index in [-0.39, 0.29) is 5.82 Å². The van der Waals surface area contributed by atoms with Crippen molar-refractivity contribution in [3.05, 3.63) is 35.8 Å². The third-order valence-corrected chi connectivity index (χ3v) is 2.14. The molecule has 14 heavy (non-hydrogen) atoms. The molecular formula is C11H12FNO. The topological polar surface area (TPSA) is 39.2 Å². The van der Waals surface area contributed by atoms with E-state index in [4.69, 9.17) is 10.2 Å². The predicted molar refractivity (Wildman–Crippen MR) is 53.4 cm³/mol. The van der Waals surface area contributed by atoms with Crippen LogP contribution in [0.15, 0.2) is 28.7 Å². The van der Waals surface area contributed by atoms with Crippen LogP contribution in [0, 0.1) is 5.82 Å². The number of nitrogens with two attached hydrogens (primary N) is 1. The van der Waals surface area contributed by atoms with Crippen LogP contribution in [0.4, 0.5) is 4.39 Å². The summed E-state index contributed by atoms with van der Waals surface area (Å²) in [6.07, 6.45) is 0. The van der Waals surface area contributed by atoms with E-state index in [0.717, 1.165) is 0 Å². The number of halogens is 1. The molecule has 0 saturated carbocycles. The highest BCUT2D eigenvalue weighted by Crippen LogP contribution is 2.27. The summed E-state index contributed by atoms with van der Waals surface area (Å²) < 4.78 is 18.7. The molecule has 0 unspecified atom stereocenters. The van der Waals surface area contributed by atoms with Gasteiger partial charge in [0.05, 0.1) is 10.9 Å². The minimum absolute atomic E-state index is 0.276. The Morgan fingerprint density at radius 3 is 2.64 bits per heavy atom. The van der Waals surface area contributed by atoms with Crippen molar-refractivity contribution >= 4 is 11.0 Å². The van der Waals surface area contributed by atoms with Crippen molar-refractivity contribution in [2.45, 2.75) is 19.4 Å². The molecule has 0 radical (unpaired) electrons. The van der Waals surface area contributed by atoms with Gasteiger partial charge in [0.2, 0.25) is 0 Å². The molecule has 2 rings (SSSR count). The number of fused-ring (bicyclic) bond motifs is 1. The first-order chi connectivity index (χ1) is 6.48. The summed E-state index contributed by atoms with van der Waals surface area (Å²) in [6.45, 7) is 3.64. The fraction of sp³-hybridized carbons (Fsp3) is 0.273. The van der Waals surface area contributed by atoms with Crippen LogP contribution >= 0.6 is 0 Å². The number of rotatable bonds is 1. The van der Waals surface area contributed by atoms with Crippen LogP contribution in [0.5, 0.6) is 0 Å². The van der Waals surface area contributed by atoms with Crippen molar-refractivity contribution in [3.8, 4) is 0 Å². The Hall–Kier alpha value is -1.35. The van der Waals surface area contributed by atoms with Crippen LogP contribution in [0.25, 0.3) is 11.0 Å². The van der Waals surface area contributed by atoms with Gasteiger partial charge in [-0.05, 0) is 32.0 Å². The van der Waals surface area contributed by atoms with Gasteiger partial charge < -0.3 is 10.2 Å². The monoisotopic (exact) mass is 193 g/mol. The zero-order valence-electron chi connectivity index (χ0n) is 8.17. The van der Waals surface area contributed by atoms with Crippen LogP contribution in [-0.2, 0) is 5.54 Å². The average Bonchev–Trinajstić information content (AvgIpc) is 2.48. The second-order valence-electron chi connectivity index (χ2n) is 3.98. The Bertz CT molecular complexity index is 468. The molecular weight excluding hydrogens is 181 g/mol. The molecule has 0 aliphatic rings. The molecule has 1 aromatic carbocycles. The SMILES string of the molecule is CC(C)(N)c1cc2c(F)cccc2o1. The van der Waals surface area contributed by atoms with Crippen LogP contribution in [0.3, 0.4) is 0 Å². The molecule has 74 valence electrons. The van der Waals surface area contributed by atoms with Gasteiger partial charge in [0.25, 0.3) is 0 Å². The Labute approximate surface area is 81.5 Å². The van der Waals surface area contributed by atoms with Gasteiger partial charge in [0.1, 0.15) is 17.2 Å². The van der Waals surface area contributed by atoms with Gasteiger partial charge in [-0.25, -0.2) is 4.39 Å². The van der Waals surface area contributed by atoms with Gasteiger partial charge >= 0.3 is 0 Å². The standard InChI is InChI=1S/C11H12FNO/c1-11(2,13)10-6-7-8(12)4-3-5-9(7)14-10/h3-6H,13H2,1-2H3. The summed E-state index contributed by atoms with van der Waals surface area (Å²) in [4.78, 5) is 0. The lowest BCUT2D eigenvalue weighted by atomic mass is 10.0. The Kier molecular flexibility index (Phi) is 1.86. The molecule has 2 N–H and O–H groups in total. The highest BCUT2D eigenvalue weighted by molar-refractivity contribution is 5.78. The van der Waals surface area contributed by atoms with E-state index in [1.807, 2.05) is 13.8 Å². The van der Waals surface area contributed by atoms with E-state index in [0.29, 0.717) is 16.7 Å². The molecule has 2 nitrogen and oxygen atoms in total. The molecule has 2 aromatic rings. The van der Waals surface area contributed by atoms with Crippen LogP contribution < -0.4 is 5.73 Å². The molecule has 0 bridgehead atoms. The molecule has 1 aromatic heterocycles. The molecule has 0 atom stereocenters. The van der Waals surface area contributed by atoms with Crippen molar-refractivity contribution in [3.63, 3.8) is 0 Å². The smallest absolute Gasteiger partial charge is 0.137 e. The Morgan fingerprint density at radius 2 is 2.07 bits per heavy atom. The first-order valence-corrected chi connectivity index (χ1v) is 4.46. The maximum absolute atomic E-state index is 13.3. The van der Waals surface area contributed by atoms with E-state index >= 15 is 0 Å². The summed E-state index contributed by atoms with van der Waals surface area (Å²) in [5, 5.41) is 0.487. The lowest BCUT2D eigenvalue weighted by Gasteiger charge is -2.13. The molecule has 0 amide bonds. The van der Waals surface area contributed by atoms with Crippen LogP contribution in [0.2, 0.25) is 0 Å². The third kappa shape index (κ3) is 1.40. The normalized spacial score (nSPS) is 12.3. The summed E-state index contributed by atoms with van der Waals surface area (Å²) in [5.41, 5.74) is 5.82. The van der Waals surface area contributed by atoms with Crippen molar-refractivity contribution in [1.29, 1.82) is 0 Å². The number of benzene rings is 1. The minimum Gasteiger partial charge on any atom is -0.459 e. The zero-order valence-corrected chi connectivity index (χ0v) is 8.17. The van der Waals surface area contributed by atoms with Gasteiger partial charge in [-0.3, -0.25) is 0 Å². The largest absolute Gasteiger partial charge is 0.459 e. The quantitative estimate of drug-likeness (QED) is 0.756. The van der Waals surface area contributed by atoms with E-state index in [9.17, 15) is 4.39 Å². The van der Waals surface area contributed by atoms with Crippen LogP contribution in [-0.4, -0.2) is 0 Å². The predicted octanol–water partition coefficient (Wildman–Crippen LogP) is 2.77. The molecule has 0 aliphatic heterocycles. The summed E-state index contributed by atoms with van der Waals surface area (Å²) >= 11 is 0. The van der Waals surface area contributed by atoms with Crippen molar-refractivity contribution < 1.29 is 8.81 Å². The molecule has 3 heteroatoms. The van der Waals surface area contributed by atoms with Gasteiger partial charge in [0, 0.05) is 0 Å². The highest BCUT2D eigenvalue weighted by Gasteiger charge is 2.20. The van der Waals surface area contributed by atoms with Crippen molar-refractivity contribution in [1.82, 2.24) is 0 Å². The first kappa shape index (κ1) is 9.21. The first-order valence-electron chi connectivity index (χ1n) is 4.46. The van der Waals surface area contributed by atoms with Crippen molar-refractivity contribution in [2.24, 2.45) is 5.73 Å². The second-order valence-corrected chi connectivity index (χ2v) is 3.98. The minimum atomic E-state index is -0.578. The Morgan fingerprint density at radius 1 is 1.36 bits per heavy atom. The Balaban J connectivity index is 2.69. The second kappa shape index (κ2) is 2.82. The van der Waals surface area contributed by atoms with E-state index < -0.39 is 5.54 Å². The van der Waals surface area contributed by atoms with E-state index in [1.165, 1.54) is 6.07 Å². The number of hydrogen-bond acceptors (Lipinski definition) is 2. The molecule has 0 fully saturated rings. The highest BCUT2D eigenvalue weighted by atomic mass is 19.1. The van der Waals surface area contributed by atoms with E-state index in [1.54, 1.807) is 18.2 Å². The maximum atomic E-state index is 13.3. The van der Waals surface area contributed by atoms with Gasteiger partial charge in [-0.1, -0.05) is 6.07 Å². The van der Waals surface area contributed by atoms with Crippen molar-refractivity contribution in [2.75, 3.05) is 0 Å². The number of furan rings is 1. The summed E-state index contributed by atoms with van der Waals surface area (Å²) in [7, 11) is 0. The molecule has 0 spiro atoms. The van der Waals surface area contributed by atoms with Gasteiger partial charge in [-0.2, -0.15) is 0 Å². The fourth-order valence-corrected chi connectivity index (χ4v) is 1.34. The molecule has 1 heterocycles. The number of hydrogen-bond donors (Lipinski definition) is 1. The lowest BCUT2D eigenvalue weighted by molar-refractivity contribution is 0.413. The fourth-order valence-electron chi connectivity index (χ4n) is 1.34.